The first-order valence-corrected chi connectivity index (χ1v) is 7.51. The maximum atomic E-state index is 12.2. The number of hydrogen-bond acceptors (Lipinski definition) is 2. The highest BCUT2D eigenvalue weighted by Gasteiger charge is 2.13. The van der Waals surface area contributed by atoms with Crippen molar-refractivity contribution >= 4 is 22.6 Å². The highest BCUT2D eigenvalue weighted by atomic mass is 35.5. The summed E-state index contributed by atoms with van der Waals surface area (Å²) in [4.78, 5) is 12.2. The van der Waals surface area contributed by atoms with Crippen LogP contribution < -0.4 is 5.43 Å². The van der Waals surface area contributed by atoms with Gasteiger partial charge in [-0.05, 0) is 44.2 Å². The first kappa shape index (κ1) is 13.4. The molecular weight excluding hydrogens is 272 g/mol. The second-order valence-corrected chi connectivity index (χ2v) is 5.65. The number of halogens is 1. The summed E-state index contributed by atoms with van der Waals surface area (Å²) < 4.78 is 5.81. The smallest absolute Gasteiger partial charge is 0.211 e. The van der Waals surface area contributed by atoms with Crippen LogP contribution in [0.1, 0.15) is 37.9 Å². The van der Waals surface area contributed by atoms with Crippen LogP contribution in [0.15, 0.2) is 45.1 Å². The number of para-hydroxylation sites is 1. The van der Waals surface area contributed by atoms with Crippen molar-refractivity contribution in [2.75, 3.05) is 0 Å². The fraction of sp³-hybridized carbons (Fsp3) is 0.353. The van der Waals surface area contributed by atoms with Crippen molar-refractivity contribution in [3.63, 3.8) is 0 Å². The molecule has 0 unspecified atom stereocenters. The third-order valence-corrected chi connectivity index (χ3v) is 4.25. The van der Waals surface area contributed by atoms with Gasteiger partial charge in [-0.2, -0.15) is 0 Å². The van der Waals surface area contributed by atoms with Crippen molar-refractivity contribution in [1.82, 2.24) is 0 Å². The molecule has 104 valence electrons. The number of aryl methyl sites for hydroxylation is 1. The minimum absolute atomic E-state index is 0.124. The van der Waals surface area contributed by atoms with E-state index in [0.717, 1.165) is 12.8 Å². The average Bonchev–Trinajstić information content (AvgIpc) is 2.50. The van der Waals surface area contributed by atoms with Crippen molar-refractivity contribution in [1.29, 1.82) is 0 Å². The lowest BCUT2D eigenvalue weighted by Gasteiger charge is -2.12. The lowest BCUT2D eigenvalue weighted by Crippen LogP contribution is -2.06. The van der Waals surface area contributed by atoms with Gasteiger partial charge in [0.2, 0.25) is 5.43 Å². The van der Waals surface area contributed by atoms with Gasteiger partial charge in [-0.15, -0.1) is 0 Å². The van der Waals surface area contributed by atoms with Crippen LogP contribution >= 0.6 is 11.6 Å². The zero-order valence-electron chi connectivity index (χ0n) is 11.3. The Morgan fingerprint density at radius 1 is 1.15 bits per heavy atom. The van der Waals surface area contributed by atoms with Crippen LogP contribution in [-0.4, -0.2) is 0 Å². The van der Waals surface area contributed by atoms with E-state index in [0.29, 0.717) is 23.2 Å². The first-order valence-electron chi connectivity index (χ1n) is 7.14. The molecule has 2 nitrogen and oxygen atoms in total. The standard InChI is InChI=1S/C17H17ClO2/c18-16-15(11-10-12-6-2-1-3-7-12)20-14-9-5-4-8-13(14)17(16)19/h4-6,8-9H,1-3,7,10-11H2. The number of benzene rings is 1. The van der Waals surface area contributed by atoms with Gasteiger partial charge in [0.25, 0.3) is 0 Å². The second kappa shape index (κ2) is 5.84. The zero-order chi connectivity index (χ0) is 13.9. The monoisotopic (exact) mass is 288 g/mol. The van der Waals surface area contributed by atoms with E-state index in [4.69, 9.17) is 16.0 Å². The van der Waals surface area contributed by atoms with Gasteiger partial charge < -0.3 is 4.42 Å². The number of rotatable bonds is 3. The molecule has 3 rings (SSSR count). The van der Waals surface area contributed by atoms with Gasteiger partial charge in [0.1, 0.15) is 16.4 Å². The summed E-state index contributed by atoms with van der Waals surface area (Å²) in [6, 6.07) is 7.26. The van der Waals surface area contributed by atoms with Crippen LogP contribution in [-0.2, 0) is 6.42 Å². The molecule has 0 N–H and O–H groups in total. The molecule has 1 heterocycles. The van der Waals surface area contributed by atoms with Crippen LogP contribution in [0.25, 0.3) is 11.0 Å². The first-order chi connectivity index (χ1) is 9.75. The van der Waals surface area contributed by atoms with Crippen molar-refractivity contribution in [3.8, 4) is 0 Å². The minimum Gasteiger partial charge on any atom is -0.459 e. The highest BCUT2D eigenvalue weighted by molar-refractivity contribution is 6.31. The molecule has 0 atom stereocenters. The molecule has 0 radical (unpaired) electrons. The molecule has 1 aliphatic rings. The molecule has 3 heteroatoms. The van der Waals surface area contributed by atoms with Crippen LogP contribution in [0, 0.1) is 0 Å². The Labute approximate surface area is 123 Å². The van der Waals surface area contributed by atoms with E-state index in [-0.39, 0.29) is 10.5 Å². The van der Waals surface area contributed by atoms with Crippen molar-refractivity contribution in [2.45, 2.75) is 38.5 Å². The molecule has 1 aliphatic carbocycles. The fourth-order valence-corrected chi connectivity index (χ4v) is 2.97. The zero-order valence-corrected chi connectivity index (χ0v) is 12.1. The van der Waals surface area contributed by atoms with E-state index in [1.807, 2.05) is 18.2 Å². The number of fused-ring (bicyclic) bond motifs is 1. The van der Waals surface area contributed by atoms with E-state index in [9.17, 15) is 4.79 Å². The van der Waals surface area contributed by atoms with Crippen LogP contribution in [0.3, 0.4) is 0 Å². The third kappa shape index (κ3) is 2.66. The lowest BCUT2D eigenvalue weighted by molar-refractivity contribution is 0.529. The molecule has 0 bridgehead atoms. The van der Waals surface area contributed by atoms with Gasteiger partial charge in [-0.25, -0.2) is 0 Å². The van der Waals surface area contributed by atoms with Gasteiger partial charge in [0, 0.05) is 6.42 Å². The number of allylic oxidation sites excluding steroid dienone is 2. The van der Waals surface area contributed by atoms with E-state index in [2.05, 4.69) is 6.08 Å². The highest BCUT2D eigenvalue weighted by Crippen LogP contribution is 2.25. The Morgan fingerprint density at radius 3 is 2.80 bits per heavy atom. The van der Waals surface area contributed by atoms with Gasteiger partial charge in [-0.1, -0.05) is 35.4 Å². The van der Waals surface area contributed by atoms with Gasteiger partial charge in [-0.3, -0.25) is 4.79 Å². The van der Waals surface area contributed by atoms with Crippen molar-refractivity contribution in [3.05, 3.63) is 56.9 Å². The van der Waals surface area contributed by atoms with Crippen LogP contribution in [0.5, 0.6) is 0 Å². The molecule has 20 heavy (non-hydrogen) atoms. The van der Waals surface area contributed by atoms with Gasteiger partial charge in [0.15, 0.2) is 0 Å². The Bertz CT molecular complexity index is 712. The number of hydrogen-bond donors (Lipinski definition) is 0. The summed E-state index contributed by atoms with van der Waals surface area (Å²) in [6.07, 6.45) is 8.83. The van der Waals surface area contributed by atoms with E-state index >= 15 is 0 Å². The SMILES string of the molecule is O=c1c(Cl)c(CCC2=CCCCC2)oc2ccccc12. The van der Waals surface area contributed by atoms with Gasteiger partial charge >= 0.3 is 0 Å². The predicted molar refractivity (Wildman–Crippen MR) is 82.4 cm³/mol. The Balaban J connectivity index is 1.89. The van der Waals surface area contributed by atoms with Crippen molar-refractivity contribution < 1.29 is 4.42 Å². The summed E-state index contributed by atoms with van der Waals surface area (Å²) in [6.45, 7) is 0. The molecule has 0 saturated heterocycles. The topological polar surface area (TPSA) is 30.2 Å². The average molecular weight is 289 g/mol. The van der Waals surface area contributed by atoms with Crippen molar-refractivity contribution in [2.24, 2.45) is 0 Å². The summed E-state index contributed by atoms with van der Waals surface area (Å²) in [5, 5.41) is 0.790. The summed E-state index contributed by atoms with van der Waals surface area (Å²) in [7, 11) is 0. The molecule has 1 aromatic heterocycles. The van der Waals surface area contributed by atoms with Crippen LogP contribution in [0.4, 0.5) is 0 Å². The maximum absolute atomic E-state index is 12.2. The largest absolute Gasteiger partial charge is 0.459 e. The lowest BCUT2D eigenvalue weighted by atomic mass is 9.95. The Hall–Kier alpha value is -1.54. The maximum Gasteiger partial charge on any atom is 0.211 e. The molecule has 0 amide bonds. The second-order valence-electron chi connectivity index (χ2n) is 5.27. The summed E-state index contributed by atoms with van der Waals surface area (Å²) >= 11 is 6.16. The van der Waals surface area contributed by atoms with Gasteiger partial charge in [0.05, 0.1) is 5.39 Å². The molecule has 2 aromatic rings. The van der Waals surface area contributed by atoms with E-state index in [1.54, 1.807) is 6.07 Å². The minimum atomic E-state index is -0.124. The Morgan fingerprint density at radius 2 is 2.00 bits per heavy atom. The molecule has 0 saturated carbocycles. The molecular formula is C17H17ClO2. The predicted octanol–water partition coefficient (Wildman–Crippen LogP) is 4.88. The quantitative estimate of drug-likeness (QED) is 0.754. The summed E-state index contributed by atoms with van der Waals surface area (Å²) in [5.41, 5.74) is 1.96. The fourth-order valence-electron chi connectivity index (χ4n) is 2.73. The molecule has 0 fully saturated rings. The molecule has 1 aromatic carbocycles. The van der Waals surface area contributed by atoms with E-state index in [1.165, 1.54) is 24.8 Å². The summed E-state index contributed by atoms with van der Waals surface area (Å²) in [5.74, 6) is 0.613. The third-order valence-electron chi connectivity index (χ3n) is 3.87. The van der Waals surface area contributed by atoms with E-state index < -0.39 is 0 Å². The molecule has 0 spiro atoms. The molecule has 0 aliphatic heterocycles. The Kier molecular flexibility index (Phi) is 3.93. The normalized spacial score (nSPS) is 15.3. The van der Waals surface area contributed by atoms with Crippen LogP contribution in [0.2, 0.25) is 5.02 Å².